The van der Waals surface area contributed by atoms with Gasteiger partial charge in [-0.3, -0.25) is 10.1 Å². The van der Waals surface area contributed by atoms with Gasteiger partial charge in [-0.1, -0.05) is 29.8 Å². The van der Waals surface area contributed by atoms with Crippen molar-refractivity contribution in [2.75, 3.05) is 11.9 Å². The predicted octanol–water partition coefficient (Wildman–Crippen LogP) is 2.80. The van der Waals surface area contributed by atoms with Crippen LogP contribution in [0, 0.1) is 13.8 Å². The molecule has 1 aromatic carbocycles. The Bertz CT molecular complexity index is 729. The van der Waals surface area contributed by atoms with Crippen LogP contribution in [0.3, 0.4) is 0 Å². The van der Waals surface area contributed by atoms with Crippen molar-refractivity contribution in [2.45, 2.75) is 45.3 Å². The third kappa shape index (κ3) is 4.01. The van der Waals surface area contributed by atoms with Crippen LogP contribution in [0.1, 0.15) is 34.5 Å². The SMILES string of the molecule is Cc1cccc(Cc2sc(NC(=O)[C@@H]3CC[C@H](CN)O3)nc2C)c1. The molecule has 24 heavy (non-hydrogen) atoms. The van der Waals surface area contributed by atoms with Gasteiger partial charge in [0.15, 0.2) is 5.13 Å². The van der Waals surface area contributed by atoms with Crippen molar-refractivity contribution in [1.82, 2.24) is 4.98 Å². The van der Waals surface area contributed by atoms with Gasteiger partial charge in [-0.25, -0.2) is 4.98 Å². The van der Waals surface area contributed by atoms with E-state index >= 15 is 0 Å². The number of aryl methyl sites for hydroxylation is 2. The Kier molecular flexibility index (Phi) is 5.28. The molecule has 5 nitrogen and oxygen atoms in total. The minimum Gasteiger partial charge on any atom is -0.364 e. The maximum Gasteiger partial charge on any atom is 0.255 e. The largest absolute Gasteiger partial charge is 0.364 e. The fourth-order valence-corrected chi connectivity index (χ4v) is 3.91. The molecule has 128 valence electrons. The predicted molar refractivity (Wildman–Crippen MR) is 96.4 cm³/mol. The molecule has 2 atom stereocenters. The zero-order chi connectivity index (χ0) is 17.1. The molecule has 1 aromatic heterocycles. The number of aromatic nitrogens is 1. The summed E-state index contributed by atoms with van der Waals surface area (Å²) in [6.45, 7) is 4.53. The number of carbonyl (C=O) groups excluding carboxylic acids is 1. The summed E-state index contributed by atoms with van der Waals surface area (Å²) < 4.78 is 5.63. The zero-order valence-electron chi connectivity index (χ0n) is 14.0. The van der Waals surface area contributed by atoms with Gasteiger partial charge in [-0.15, -0.1) is 11.3 Å². The van der Waals surface area contributed by atoms with Crippen LogP contribution in [0.15, 0.2) is 24.3 Å². The van der Waals surface area contributed by atoms with Gasteiger partial charge >= 0.3 is 0 Å². The smallest absolute Gasteiger partial charge is 0.255 e. The van der Waals surface area contributed by atoms with Crippen LogP contribution in [0.2, 0.25) is 0 Å². The first-order valence-corrected chi connectivity index (χ1v) is 9.05. The molecule has 0 spiro atoms. The van der Waals surface area contributed by atoms with E-state index in [0.29, 0.717) is 18.1 Å². The van der Waals surface area contributed by atoms with E-state index in [0.717, 1.165) is 18.5 Å². The molecule has 0 bridgehead atoms. The van der Waals surface area contributed by atoms with Gasteiger partial charge in [-0.2, -0.15) is 0 Å². The Balaban J connectivity index is 1.64. The lowest BCUT2D eigenvalue weighted by Crippen LogP contribution is -2.29. The third-order valence-electron chi connectivity index (χ3n) is 4.23. The van der Waals surface area contributed by atoms with Crippen molar-refractivity contribution in [1.29, 1.82) is 0 Å². The minimum atomic E-state index is -0.414. The summed E-state index contributed by atoms with van der Waals surface area (Å²) in [6, 6.07) is 8.44. The molecule has 0 unspecified atom stereocenters. The van der Waals surface area contributed by atoms with Gasteiger partial charge in [0.1, 0.15) is 6.10 Å². The number of hydrogen-bond donors (Lipinski definition) is 2. The van der Waals surface area contributed by atoms with Gasteiger partial charge in [0, 0.05) is 17.8 Å². The standard InChI is InChI=1S/C18H23N3O2S/c1-11-4-3-5-13(8-11)9-16-12(2)20-18(24-16)21-17(22)15-7-6-14(10-19)23-15/h3-5,8,14-15H,6-7,9-10,19H2,1-2H3,(H,20,21,22)/t14-,15+/m1/s1. The number of benzene rings is 1. The number of hydrogen-bond acceptors (Lipinski definition) is 5. The molecule has 1 aliphatic rings. The number of thiazole rings is 1. The Morgan fingerprint density at radius 3 is 2.96 bits per heavy atom. The molecular formula is C18H23N3O2S. The normalized spacial score (nSPS) is 20.3. The molecular weight excluding hydrogens is 322 g/mol. The highest BCUT2D eigenvalue weighted by Gasteiger charge is 2.30. The van der Waals surface area contributed by atoms with Crippen molar-refractivity contribution >= 4 is 22.4 Å². The monoisotopic (exact) mass is 345 g/mol. The van der Waals surface area contributed by atoms with Crippen LogP contribution < -0.4 is 11.1 Å². The lowest BCUT2D eigenvalue weighted by atomic mass is 10.1. The lowest BCUT2D eigenvalue weighted by molar-refractivity contribution is -0.126. The van der Waals surface area contributed by atoms with Crippen molar-refractivity contribution in [2.24, 2.45) is 5.73 Å². The maximum absolute atomic E-state index is 12.3. The molecule has 1 aliphatic heterocycles. The lowest BCUT2D eigenvalue weighted by Gasteiger charge is -2.11. The van der Waals surface area contributed by atoms with E-state index in [-0.39, 0.29) is 12.0 Å². The molecule has 3 N–H and O–H groups in total. The first-order valence-electron chi connectivity index (χ1n) is 8.23. The van der Waals surface area contributed by atoms with E-state index in [1.165, 1.54) is 27.3 Å². The molecule has 0 radical (unpaired) electrons. The number of amides is 1. The number of anilines is 1. The first-order chi connectivity index (χ1) is 11.5. The molecule has 0 aliphatic carbocycles. The van der Waals surface area contributed by atoms with Crippen molar-refractivity contribution in [3.63, 3.8) is 0 Å². The quantitative estimate of drug-likeness (QED) is 0.873. The van der Waals surface area contributed by atoms with Crippen molar-refractivity contribution in [3.05, 3.63) is 46.0 Å². The Labute approximate surface area is 146 Å². The molecule has 2 heterocycles. The highest BCUT2D eigenvalue weighted by molar-refractivity contribution is 7.15. The fourth-order valence-electron chi connectivity index (χ4n) is 2.91. The van der Waals surface area contributed by atoms with Gasteiger partial charge in [-0.05, 0) is 32.3 Å². The summed E-state index contributed by atoms with van der Waals surface area (Å²) >= 11 is 1.53. The highest BCUT2D eigenvalue weighted by atomic mass is 32.1. The minimum absolute atomic E-state index is 0.00402. The summed E-state index contributed by atoms with van der Waals surface area (Å²) in [5, 5.41) is 3.53. The molecule has 0 saturated carbocycles. The number of rotatable bonds is 5. The van der Waals surface area contributed by atoms with Gasteiger partial charge in [0.2, 0.25) is 0 Å². The van der Waals surface area contributed by atoms with Gasteiger partial charge in [0.25, 0.3) is 5.91 Å². The highest BCUT2D eigenvalue weighted by Crippen LogP contribution is 2.27. The van der Waals surface area contributed by atoms with Crippen molar-refractivity contribution in [3.8, 4) is 0 Å². The first kappa shape index (κ1) is 17.1. The van der Waals surface area contributed by atoms with Crippen LogP contribution >= 0.6 is 11.3 Å². The third-order valence-corrected chi connectivity index (χ3v) is 5.31. The zero-order valence-corrected chi connectivity index (χ0v) is 14.9. The van der Waals surface area contributed by atoms with E-state index in [4.69, 9.17) is 10.5 Å². The van der Waals surface area contributed by atoms with Crippen LogP contribution in [0.25, 0.3) is 0 Å². The van der Waals surface area contributed by atoms with Gasteiger partial charge < -0.3 is 10.5 Å². The molecule has 6 heteroatoms. The number of carbonyl (C=O) groups is 1. The van der Waals surface area contributed by atoms with E-state index in [9.17, 15) is 4.79 Å². The van der Waals surface area contributed by atoms with E-state index in [1.807, 2.05) is 6.92 Å². The molecule has 2 aromatic rings. The number of nitrogens with one attached hydrogen (secondary N) is 1. The van der Waals surface area contributed by atoms with Crippen LogP contribution in [0.5, 0.6) is 0 Å². The number of ether oxygens (including phenoxy) is 1. The molecule has 1 fully saturated rings. The Morgan fingerprint density at radius 1 is 1.42 bits per heavy atom. The summed E-state index contributed by atoms with van der Waals surface area (Å²) in [6.07, 6.45) is 1.97. The Morgan fingerprint density at radius 2 is 2.25 bits per heavy atom. The van der Waals surface area contributed by atoms with E-state index < -0.39 is 6.10 Å². The average Bonchev–Trinajstić information content (AvgIpc) is 3.15. The molecule has 1 saturated heterocycles. The van der Waals surface area contributed by atoms with Gasteiger partial charge in [0.05, 0.1) is 11.8 Å². The van der Waals surface area contributed by atoms with Crippen LogP contribution in [-0.2, 0) is 16.0 Å². The second-order valence-electron chi connectivity index (χ2n) is 6.24. The number of nitrogens with two attached hydrogens (primary N) is 1. The van der Waals surface area contributed by atoms with E-state index in [1.54, 1.807) is 0 Å². The summed E-state index contributed by atoms with van der Waals surface area (Å²) in [7, 11) is 0. The van der Waals surface area contributed by atoms with Crippen molar-refractivity contribution < 1.29 is 9.53 Å². The molecule has 1 amide bonds. The molecule has 3 rings (SSSR count). The average molecular weight is 345 g/mol. The van der Waals surface area contributed by atoms with Crippen LogP contribution in [0.4, 0.5) is 5.13 Å². The summed E-state index contributed by atoms with van der Waals surface area (Å²) in [4.78, 5) is 17.9. The fraction of sp³-hybridized carbons (Fsp3) is 0.444. The summed E-state index contributed by atoms with van der Waals surface area (Å²) in [5.74, 6) is -0.123. The second kappa shape index (κ2) is 7.42. The Hall–Kier alpha value is -1.76. The maximum atomic E-state index is 12.3. The topological polar surface area (TPSA) is 77.2 Å². The second-order valence-corrected chi connectivity index (χ2v) is 7.33. The summed E-state index contributed by atoms with van der Waals surface area (Å²) in [5.41, 5.74) is 9.05. The van der Waals surface area contributed by atoms with Crippen LogP contribution in [-0.4, -0.2) is 29.6 Å². The van der Waals surface area contributed by atoms with E-state index in [2.05, 4.69) is 41.5 Å². The number of nitrogens with zero attached hydrogens (tertiary/aromatic N) is 1.